The van der Waals surface area contributed by atoms with Gasteiger partial charge in [0.15, 0.2) is 6.29 Å². The maximum atomic E-state index is 13.7. The van der Waals surface area contributed by atoms with Crippen molar-refractivity contribution in [2.45, 2.75) is 12.5 Å². The van der Waals surface area contributed by atoms with E-state index in [0.29, 0.717) is 4.47 Å². The molecule has 1 unspecified atom stereocenters. The van der Waals surface area contributed by atoms with Gasteiger partial charge >= 0.3 is 0 Å². The Morgan fingerprint density at radius 1 is 1.36 bits per heavy atom. The molecule has 1 N–H and O–H groups in total. The number of nitro groups is 1. The number of benzene rings is 2. The fourth-order valence-corrected chi connectivity index (χ4v) is 2.75. The highest BCUT2D eigenvalue weighted by molar-refractivity contribution is 9.10. The van der Waals surface area contributed by atoms with Gasteiger partial charge in [-0.3, -0.25) is 19.7 Å². The van der Waals surface area contributed by atoms with E-state index in [-0.39, 0.29) is 34.5 Å². The van der Waals surface area contributed by atoms with Crippen LogP contribution in [0.25, 0.3) is 0 Å². The molecule has 1 atom stereocenters. The molecule has 0 aliphatic heterocycles. The second-order valence-corrected chi connectivity index (χ2v) is 6.39. The normalized spacial score (nSPS) is 11.6. The van der Waals surface area contributed by atoms with Crippen molar-refractivity contribution < 1.29 is 18.9 Å². The van der Waals surface area contributed by atoms with Gasteiger partial charge in [-0.2, -0.15) is 0 Å². The van der Waals surface area contributed by atoms with Crippen molar-refractivity contribution in [3.05, 3.63) is 73.0 Å². The minimum Gasteiger partial charge on any atom is -0.326 e. The molecule has 1 amide bonds. The third-order valence-corrected chi connectivity index (χ3v) is 4.15. The number of hydrogen-bond donors (Lipinski definition) is 1. The number of carbonyl (C=O) groups excluding carboxylic acids is 2. The van der Waals surface area contributed by atoms with Gasteiger partial charge in [0.05, 0.1) is 17.0 Å². The first-order valence-corrected chi connectivity index (χ1v) is 8.11. The Morgan fingerprint density at radius 2 is 2.08 bits per heavy atom. The Balaban J connectivity index is 2.12. The number of nitrogens with one attached hydrogen (secondary N) is 1. The first kappa shape index (κ1) is 19.0. The third-order valence-electron chi connectivity index (χ3n) is 3.32. The monoisotopic (exact) mass is 428 g/mol. The van der Waals surface area contributed by atoms with Crippen LogP contribution in [0, 0.1) is 15.9 Å². The van der Waals surface area contributed by atoms with Gasteiger partial charge in [0.2, 0.25) is 5.91 Å². The number of anilines is 1. The summed E-state index contributed by atoms with van der Waals surface area (Å²) in [5, 5.41) is 13.3. The van der Waals surface area contributed by atoms with Crippen molar-refractivity contribution in [3.63, 3.8) is 0 Å². The van der Waals surface area contributed by atoms with Gasteiger partial charge in [-0.05, 0) is 35.9 Å². The fourth-order valence-electron chi connectivity index (χ4n) is 2.12. The van der Waals surface area contributed by atoms with Crippen molar-refractivity contribution in [3.8, 4) is 0 Å². The minimum atomic E-state index is -1.57. The molecule has 0 aliphatic carbocycles. The van der Waals surface area contributed by atoms with Crippen LogP contribution < -0.4 is 5.32 Å². The Morgan fingerprint density at radius 3 is 2.64 bits per heavy atom. The average Bonchev–Trinajstić information content (AvgIpc) is 2.52. The molecule has 130 valence electrons. The molecular weight excluding hydrogens is 419 g/mol. The molecule has 6 nitrogen and oxygen atoms in total. The van der Waals surface area contributed by atoms with Crippen molar-refractivity contribution in [1.82, 2.24) is 0 Å². The van der Waals surface area contributed by atoms with Crippen LogP contribution in [0.2, 0.25) is 5.02 Å². The molecule has 2 aromatic carbocycles. The van der Waals surface area contributed by atoms with Crippen molar-refractivity contribution in [1.29, 1.82) is 0 Å². The highest BCUT2D eigenvalue weighted by Gasteiger charge is 2.24. The molecule has 9 heteroatoms. The summed E-state index contributed by atoms with van der Waals surface area (Å²) in [6, 6.07) is 6.76. The largest absolute Gasteiger partial charge is 0.326 e. The highest BCUT2D eigenvalue weighted by Crippen LogP contribution is 2.27. The lowest BCUT2D eigenvalue weighted by Crippen LogP contribution is -2.16. The maximum absolute atomic E-state index is 13.7. The number of nitrogens with zero attached hydrogens (tertiary/aromatic N) is 1. The van der Waals surface area contributed by atoms with Gasteiger partial charge in [-0.15, -0.1) is 0 Å². The van der Waals surface area contributed by atoms with Crippen LogP contribution in [-0.2, 0) is 16.0 Å². The summed E-state index contributed by atoms with van der Waals surface area (Å²) in [5.41, 5.74) is 0.528. The Kier molecular flexibility index (Phi) is 6.22. The van der Waals surface area contributed by atoms with Crippen molar-refractivity contribution in [2.75, 3.05) is 5.32 Å². The predicted octanol–water partition coefficient (Wildman–Crippen LogP) is 3.94. The molecule has 0 spiro atoms. The number of halogens is 3. The molecule has 0 aliphatic rings. The standard InChI is InChI=1S/C16H11BrClFN2O4/c17-10-2-1-9(14(19)6-10)5-16(23)20-11-3-4-12(13(18)7-11)15(8-22)21(24)25/h1-4,6-8,15H,5H2,(H,20,23). The Hall–Kier alpha value is -2.32. The summed E-state index contributed by atoms with van der Waals surface area (Å²) in [6.07, 6.45) is -0.0138. The van der Waals surface area contributed by atoms with E-state index >= 15 is 0 Å². The number of hydrogen-bond acceptors (Lipinski definition) is 4. The van der Waals surface area contributed by atoms with Crippen LogP contribution in [0.1, 0.15) is 17.2 Å². The summed E-state index contributed by atoms with van der Waals surface area (Å²) in [6.45, 7) is 0. The molecule has 0 aromatic heterocycles. The lowest BCUT2D eigenvalue weighted by atomic mass is 10.1. The van der Waals surface area contributed by atoms with E-state index in [9.17, 15) is 24.1 Å². The van der Waals surface area contributed by atoms with Gasteiger partial charge in [-0.25, -0.2) is 4.39 Å². The SMILES string of the molecule is O=CC(c1ccc(NC(=O)Cc2ccc(Br)cc2F)cc1Cl)[N+](=O)[O-]. The van der Waals surface area contributed by atoms with E-state index < -0.39 is 22.7 Å². The minimum absolute atomic E-state index is 0.0265. The third kappa shape index (κ3) is 4.83. The number of carbonyl (C=O) groups is 2. The highest BCUT2D eigenvalue weighted by atomic mass is 79.9. The van der Waals surface area contributed by atoms with Crippen LogP contribution >= 0.6 is 27.5 Å². The van der Waals surface area contributed by atoms with Gasteiger partial charge in [0.25, 0.3) is 6.04 Å². The van der Waals surface area contributed by atoms with E-state index in [1.54, 1.807) is 6.07 Å². The molecule has 0 fully saturated rings. The van der Waals surface area contributed by atoms with E-state index in [4.69, 9.17) is 11.6 Å². The smallest absolute Gasteiger partial charge is 0.293 e. The Labute approximate surface area is 155 Å². The zero-order valence-corrected chi connectivity index (χ0v) is 14.9. The van der Waals surface area contributed by atoms with Crippen LogP contribution in [0.4, 0.5) is 10.1 Å². The zero-order valence-electron chi connectivity index (χ0n) is 12.5. The van der Waals surface area contributed by atoms with Crippen molar-refractivity contribution >= 4 is 45.4 Å². The van der Waals surface area contributed by atoms with Gasteiger partial charge in [0.1, 0.15) is 5.82 Å². The molecule has 0 saturated carbocycles. The summed E-state index contributed by atoms with van der Waals surface area (Å²) in [5.74, 6) is -0.996. The number of aldehydes is 1. The van der Waals surface area contributed by atoms with Crippen LogP contribution in [0.5, 0.6) is 0 Å². The predicted molar refractivity (Wildman–Crippen MR) is 93.7 cm³/mol. The van der Waals surface area contributed by atoms with E-state index in [1.165, 1.54) is 30.3 Å². The molecule has 0 saturated heterocycles. The zero-order chi connectivity index (χ0) is 18.6. The van der Waals surface area contributed by atoms with Gasteiger partial charge < -0.3 is 5.32 Å². The summed E-state index contributed by atoms with van der Waals surface area (Å²) < 4.78 is 14.3. The second-order valence-electron chi connectivity index (χ2n) is 5.06. The Bertz CT molecular complexity index is 847. The van der Waals surface area contributed by atoms with Crippen LogP contribution in [0.3, 0.4) is 0 Å². The van der Waals surface area contributed by atoms with Crippen LogP contribution in [0.15, 0.2) is 40.9 Å². The number of amides is 1. The van der Waals surface area contributed by atoms with E-state index in [2.05, 4.69) is 21.2 Å². The van der Waals surface area contributed by atoms with Crippen molar-refractivity contribution in [2.24, 2.45) is 0 Å². The summed E-state index contributed by atoms with van der Waals surface area (Å²) in [7, 11) is 0. The average molecular weight is 430 g/mol. The molecule has 25 heavy (non-hydrogen) atoms. The van der Waals surface area contributed by atoms with Gasteiger partial charge in [0, 0.05) is 15.1 Å². The number of rotatable bonds is 6. The maximum Gasteiger partial charge on any atom is 0.293 e. The first-order chi connectivity index (χ1) is 11.8. The molecule has 0 radical (unpaired) electrons. The first-order valence-electron chi connectivity index (χ1n) is 6.94. The molecule has 2 aromatic rings. The van der Waals surface area contributed by atoms with Gasteiger partial charge in [-0.1, -0.05) is 33.6 Å². The quantitative estimate of drug-likeness (QED) is 0.428. The second kappa shape index (κ2) is 8.17. The fraction of sp³-hybridized carbons (Fsp3) is 0.125. The lowest BCUT2D eigenvalue weighted by molar-refractivity contribution is -0.511. The van der Waals surface area contributed by atoms with E-state index in [1.807, 2.05) is 0 Å². The molecule has 2 rings (SSSR count). The summed E-state index contributed by atoms with van der Waals surface area (Å²) in [4.78, 5) is 32.9. The molecule has 0 bridgehead atoms. The lowest BCUT2D eigenvalue weighted by Gasteiger charge is -2.10. The van der Waals surface area contributed by atoms with Crippen LogP contribution in [-0.4, -0.2) is 17.1 Å². The topological polar surface area (TPSA) is 89.3 Å². The molecular formula is C16H11BrClFN2O4. The molecule has 0 heterocycles. The summed E-state index contributed by atoms with van der Waals surface area (Å²) >= 11 is 9.08. The van der Waals surface area contributed by atoms with E-state index in [0.717, 1.165) is 0 Å².